The van der Waals surface area contributed by atoms with Gasteiger partial charge in [0.1, 0.15) is 11.7 Å². The van der Waals surface area contributed by atoms with Crippen LogP contribution in [-0.4, -0.2) is 58.1 Å². The van der Waals surface area contributed by atoms with Gasteiger partial charge >= 0.3 is 0 Å². The second-order valence-electron chi connectivity index (χ2n) is 7.35. The molecule has 2 saturated heterocycles. The van der Waals surface area contributed by atoms with Crippen molar-refractivity contribution in [3.05, 3.63) is 36.0 Å². The minimum absolute atomic E-state index is 0.0565. The molecule has 2 fully saturated rings. The highest BCUT2D eigenvalue weighted by atomic mass is 16.2. The third-order valence-electron chi connectivity index (χ3n) is 5.38. The number of carbonyl (C=O) groups excluding carboxylic acids is 1. The Morgan fingerprint density at radius 2 is 2.00 bits per heavy atom. The number of nitrogens with one attached hydrogen (secondary N) is 2. The van der Waals surface area contributed by atoms with Gasteiger partial charge in [0.25, 0.3) is 0 Å². The Balaban J connectivity index is 1.30. The second-order valence-corrected chi connectivity index (χ2v) is 7.35. The van der Waals surface area contributed by atoms with Crippen molar-refractivity contribution in [2.24, 2.45) is 5.92 Å². The van der Waals surface area contributed by atoms with Crippen molar-refractivity contribution in [3.8, 4) is 11.3 Å². The predicted octanol–water partition coefficient (Wildman–Crippen LogP) is 1.01. The molecular weight excluding hydrogens is 328 g/mol. The number of hydrogen-bond acceptors (Lipinski definition) is 5. The van der Waals surface area contributed by atoms with Gasteiger partial charge in [-0.25, -0.2) is 0 Å². The Bertz CT molecular complexity index is 742. The van der Waals surface area contributed by atoms with Crippen LogP contribution in [0.15, 0.2) is 30.5 Å². The van der Waals surface area contributed by atoms with Gasteiger partial charge in [0.2, 0.25) is 5.91 Å². The van der Waals surface area contributed by atoms with Crippen LogP contribution in [0.3, 0.4) is 0 Å². The quantitative estimate of drug-likeness (QED) is 0.857. The minimum Gasteiger partial charge on any atom is -0.341 e. The number of amides is 1. The first-order chi connectivity index (χ1) is 12.7. The van der Waals surface area contributed by atoms with Gasteiger partial charge in [-0.1, -0.05) is 35.0 Å². The zero-order chi connectivity index (χ0) is 17.9. The van der Waals surface area contributed by atoms with Crippen molar-refractivity contribution >= 4 is 5.91 Å². The first kappa shape index (κ1) is 17.2. The molecule has 0 saturated carbocycles. The van der Waals surface area contributed by atoms with Crippen LogP contribution in [0.2, 0.25) is 0 Å². The summed E-state index contributed by atoms with van der Waals surface area (Å²) in [5.74, 6) is 0.775. The fourth-order valence-electron chi connectivity index (χ4n) is 3.72. The monoisotopic (exact) mass is 354 g/mol. The Kier molecular flexibility index (Phi) is 4.99. The highest BCUT2D eigenvalue weighted by molar-refractivity contribution is 5.82. The predicted molar refractivity (Wildman–Crippen MR) is 99.3 cm³/mol. The zero-order valence-electron chi connectivity index (χ0n) is 15.2. The standard InChI is InChI=1S/C19H26N6O/c1-14-2-4-16(5-3-14)18-12-25(23-22-18)11-15-6-8-24(9-7-15)19(26)17-10-20-13-21-17/h2-5,12,15,17,20-21H,6-11,13H2,1H3. The number of benzene rings is 1. The molecule has 7 nitrogen and oxygen atoms in total. The lowest BCUT2D eigenvalue weighted by atomic mass is 9.96. The third-order valence-corrected chi connectivity index (χ3v) is 5.38. The van der Waals surface area contributed by atoms with Crippen molar-refractivity contribution in [2.45, 2.75) is 32.4 Å². The van der Waals surface area contributed by atoms with Gasteiger partial charge in [0.15, 0.2) is 0 Å². The fraction of sp³-hybridized carbons (Fsp3) is 0.526. The van der Waals surface area contributed by atoms with E-state index in [0.29, 0.717) is 5.92 Å². The van der Waals surface area contributed by atoms with Crippen LogP contribution in [0.1, 0.15) is 18.4 Å². The molecule has 0 bridgehead atoms. The van der Waals surface area contributed by atoms with Crippen LogP contribution >= 0.6 is 0 Å². The van der Waals surface area contributed by atoms with E-state index in [2.05, 4.69) is 52.1 Å². The molecule has 0 radical (unpaired) electrons. The molecule has 2 aliphatic heterocycles. The first-order valence-corrected chi connectivity index (χ1v) is 9.39. The number of aryl methyl sites for hydroxylation is 1. The summed E-state index contributed by atoms with van der Waals surface area (Å²) < 4.78 is 1.94. The smallest absolute Gasteiger partial charge is 0.241 e. The molecule has 2 aromatic rings. The average molecular weight is 354 g/mol. The summed E-state index contributed by atoms with van der Waals surface area (Å²) >= 11 is 0. The lowest BCUT2D eigenvalue weighted by Gasteiger charge is -2.33. The van der Waals surface area contributed by atoms with E-state index in [1.165, 1.54) is 5.56 Å². The molecule has 7 heteroatoms. The molecule has 2 aliphatic rings. The molecule has 0 aliphatic carbocycles. The summed E-state index contributed by atoms with van der Waals surface area (Å²) in [6.45, 7) is 6.07. The number of hydrogen-bond donors (Lipinski definition) is 2. The van der Waals surface area contributed by atoms with Gasteiger partial charge in [0.05, 0.1) is 6.20 Å². The molecule has 4 rings (SSSR count). The number of aromatic nitrogens is 3. The van der Waals surface area contributed by atoms with Gasteiger partial charge in [0, 0.05) is 38.4 Å². The maximum Gasteiger partial charge on any atom is 0.241 e. The van der Waals surface area contributed by atoms with Gasteiger partial charge < -0.3 is 10.2 Å². The van der Waals surface area contributed by atoms with E-state index >= 15 is 0 Å². The van der Waals surface area contributed by atoms with E-state index in [0.717, 1.165) is 56.9 Å². The molecule has 0 spiro atoms. The normalized spacial score (nSPS) is 21.3. The van der Waals surface area contributed by atoms with Crippen LogP contribution < -0.4 is 10.6 Å². The largest absolute Gasteiger partial charge is 0.341 e. The van der Waals surface area contributed by atoms with Crippen molar-refractivity contribution in [2.75, 3.05) is 26.3 Å². The maximum atomic E-state index is 12.4. The Hall–Kier alpha value is -2.25. The Morgan fingerprint density at radius 3 is 2.69 bits per heavy atom. The van der Waals surface area contributed by atoms with E-state index in [4.69, 9.17) is 0 Å². The molecule has 1 unspecified atom stereocenters. The molecule has 1 atom stereocenters. The van der Waals surface area contributed by atoms with Crippen molar-refractivity contribution in [1.82, 2.24) is 30.5 Å². The van der Waals surface area contributed by atoms with Crippen LogP contribution in [0.25, 0.3) is 11.3 Å². The van der Waals surface area contributed by atoms with E-state index in [9.17, 15) is 4.79 Å². The maximum absolute atomic E-state index is 12.4. The molecular formula is C19H26N6O. The van der Waals surface area contributed by atoms with Crippen LogP contribution in [0.5, 0.6) is 0 Å². The van der Waals surface area contributed by atoms with Crippen LogP contribution in [0, 0.1) is 12.8 Å². The summed E-state index contributed by atoms with van der Waals surface area (Å²) in [4.78, 5) is 14.4. The van der Waals surface area contributed by atoms with Crippen LogP contribution in [-0.2, 0) is 11.3 Å². The highest BCUT2D eigenvalue weighted by Gasteiger charge is 2.29. The molecule has 138 valence electrons. The van der Waals surface area contributed by atoms with Gasteiger partial charge in [-0.15, -0.1) is 5.10 Å². The van der Waals surface area contributed by atoms with E-state index in [-0.39, 0.29) is 11.9 Å². The van der Waals surface area contributed by atoms with Crippen molar-refractivity contribution < 1.29 is 4.79 Å². The van der Waals surface area contributed by atoms with Crippen molar-refractivity contribution in [3.63, 3.8) is 0 Å². The molecule has 2 N–H and O–H groups in total. The third kappa shape index (κ3) is 3.78. The topological polar surface area (TPSA) is 75.1 Å². The van der Waals surface area contributed by atoms with Gasteiger partial charge in [-0.3, -0.25) is 14.8 Å². The Morgan fingerprint density at radius 1 is 1.23 bits per heavy atom. The minimum atomic E-state index is -0.0565. The SMILES string of the molecule is Cc1ccc(-c2cn(CC3CCN(C(=O)C4CNCN4)CC3)nn2)cc1. The number of likely N-dealkylation sites (tertiary alicyclic amines) is 1. The molecule has 26 heavy (non-hydrogen) atoms. The first-order valence-electron chi connectivity index (χ1n) is 9.39. The summed E-state index contributed by atoms with van der Waals surface area (Å²) in [7, 11) is 0. The van der Waals surface area contributed by atoms with Crippen molar-refractivity contribution in [1.29, 1.82) is 0 Å². The fourth-order valence-corrected chi connectivity index (χ4v) is 3.72. The van der Waals surface area contributed by atoms with E-state index in [1.807, 2.05) is 15.8 Å². The molecule has 1 aromatic heterocycles. The number of nitrogens with zero attached hydrogens (tertiary/aromatic N) is 4. The Labute approximate surface area is 153 Å². The number of rotatable bonds is 4. The average Bonchev–Trinajstić information content (AvgIpc) is 3.35. The second kappa shape index (κ2) is 7.55. The molecule has 3 heterocycles. The summed E-state index contributed by atoms with van der Waals surface area (Å²) in [6, 6.07) is 8.30. The summed E-state index contributed by atoms with van der Waals surface area (Å²) in [5.41, 5.74) is 3.25. The lowest BCUT2D eigenvalue weighted by molar-refractivity contribution is -0.134. The van der Waals surface area contributed by atoms with Crippen LogP contribution in [0.4, 0.5) is 0 Å². The lowest BCUT2D eigenvalue weighted by Crippen LogP contribution is -2.48. The summed E-state index contributed by atoms with van der Waals surface area (Å²) in [5, 5.41) is 15.0. The summed E-state index contributed by atoms with van der Waals surface area (Å²) in [6.07, 6.45) is 4.06. The highest BCUT2D eigenvalue weighted by Crippen LogP contribution is 2.21. The van der Waals surface area contributed by atoms with E-state index in [1.54, 1.807) is 0 Å². The molecule has 1 aromatic carbocycles. The number of piperidine rings is 1. The molecule has 1 amide bonds. The van der Waals surface area contributed by atoms with Gasteiger partial charge in [-0.05, 0) is 25.7 Å². The van der Waals surface area contributed by atoms with E-state index < -0.39 is 0 Å². The zero-order valence-corrected chi connectivity index (χ0v) is 15.2. The number of carbonyl (C=O) groups is 1. The van der Waals surface area contributed by atoms with Gasteiger partial charge in [-0.2, -0.15) is 0 Å².